The van der Waals surface area contributed by atoms with E-state index in [2.05, 4.69) is 10.7 Å². The lowest BCUT2D eigenvalue weighted by Gasteiger charge is -2.15. The molecule has 1 heterocycles. The maximum absolute atomic E-state index is 12.9. The first-order valence-electron chi connectivity index (χ1n) is 9.83. The lowest BCUT2D eigenvalue weighted by molar-refractivity contribution is -0.596. The molecule has 1 fully saturated rings. The molecule has 8 heteroatoms. The number of carbonyl (C=O) groups is 2. The molecule has 2 atom stereocenters. The van der Waals surface area contributed by atoms with E-state index in [1.165, 1.54) is 0 Å². The third kappa shape index (κ3) is 4.80. The van der Waals surface area contributed by atoms with Crippen molar-refractivity contribution in [2.45, 2.75) is 19.0 Å². The maximum Gasteiger partial charge on any atom is 0.304 e. The monoisotopic (exact) mass is 486 g/mol. The van der Waals surface area contributed by atoms with Gasteiger partial charge in [0.1, 0.15) is 0 Å². The third-order valence-electron chi connectivity index (χ3n) is 5.16. The van der Waals surface area contributed by atoms with Crippen LogP contribution in [0.2, 0.25) is 15.1 Å². The quantitative estimate of drug-likeness (QED) is 0.510. The molecule has 1 aliphatic heterocycles. The number of hydrazine groups is 1. The van der Waals surface area contributed by atoms with Gasteiger partial charge >= 0.3 is 5.91 Å². The molecule has 0 saturated carbocycles. The van der Waals surface area contributed by atoms with E-state index in [0.29, 0.717) is 26.2 Å². The van der Waals surface area contributed by atoms with E-state index < -0.39 is 12.1 Å². The Balaban J connectivity index is 1.73. The molecule has 32 heavy (non-hydrogen) atoms. The van der Waals surface area contributed by atoms with E-state index in [-0.39, 0.29) is 11.8 Å². The van der Waals surface area contributed by atoms with Crippen molar-refractivity contribution in [2.24, 2.45) is 0 Å². The highest BCUT2D eigenvalue weighted by Crippen LogP contribution is 2.28. The van der Waals surface area contributed by atoms with E-state index in [1.807, 2.05) is 25.1 Å². The number of halogens is 3. The SMILES string of the molecule is Cc1cccc(C(=O)N[C@H]2C(=O)N/[N+](=C\c3ccc(Cl)cc3Cl)[C@@H]2c2ccc(Cl)cc2)c1. The summed E-state index contributed by atoms with van der Waals surface area (Å²) in [5, 5.41) is 4.40. The second kappa shape index (κ2) is 9.33. The van der Waals surface area contributed by atoms with E-state index in [1.54, 1.807) is 59.4 Å². The summed E-state index contributed by atoms with van der Waals surface area (Å²) in [5.41, 5.74) is 5.72. The van der Waals surface area contributed by atoms with Crippen molar-refractivity contribution in [3.63, 3.8) is 0 Å². The Kier molecular flexibility index (Phi) is 6.51. The molecule has 162 valence electrons. The summed E-state index contributed by atoms with van der Waals surface area (Å²) in [6, 6.07) is 18.1. The van der Waals surface area contributed by atoms with Crippen LogP contribution in [0, 0.1) is 6.92 Å². The first kappa shape index (κ1) is 22.3. The van der Waals surface area contributed by atoms with E-state index in [4.69, 9.17) is 34.8 Å². The number of nitrogens with one attached hydrogen (secondary N) is 2. The molecule has 2 N–H and O–H groups in total. The highest BCUT2D eigenvalue weighted by Gasteiger charge is 2.47. The molecule has 0 aromatic heterocycles. The minimum absolute atomic E-state index is 0.334. The lowest BCUT2D eigenvalue weighted by Crippen LogP contribution is -2.42. The van der Waals surface area contributed by atoms with Gasteiger partial charge in [-0.1, -0.05) is 64.6 Å². The molecule has 0 radical (unpaired) electrons. The van der Waals surface area contributed by atoms with Crippen LogP contribution in [0.15, 0.2) is 66.7 Å². The van der Waals surface area contributed by atoms with Crippen molar-refractivity contribution in [1.82, 2.24) is 10.7 Å². The Bertz CT molecular complexity index is 1230. The topological polar surface area (TPSA) is 61.2 Å². The average molecular weight is 488 g/mol. The molecule has 0 spiro atoms. The molecule has 2 amide bonds. The smallest absolute Gasteiger partial charge is 0.304 e. The lowest BCUT2D eigenvalue weighted by atomic mass is 9.99. The van der Waals surface area contributed by atoms with Gasteiger partial charge in [0.15, 0.2) is 6.04 Å². The van der Waals surface area contributed by atoms with Crippen LogP contribution in [-0.4, -0.2) is 28.8 Å². The first-order chi connectivity index (χ1) is 15.3. The molecular formula is C24H19Cl3N3O2+. The first-order valence-corrected chi connectivity index (χ1v) is 11.0. The summed E-state index contributed by atoms with van der Waals surface area (Å²) >= 11 is 18.4. The predicted molar refractivity (Wildman–Crippen MR) is 127 cm³/mol. The number of hydrogen-bond donors (Lipinski definition) is 2. The molecule has 0 bridgehead atoms. The fourth-order valence-corrected chi connectivity index (χ4v) is 4.19. The Morgan fingerprint density at radius 3 is 2.41 bits per heavy atom. The van der Waals surface area contributed by atoms with Crippen LogP contribution in [-0.2, 0) is 4.79 Å². The zero-order valence-corrected chi connectivity index (χ0v) is 19.2. The zero-order valence-electron chi connectivity index (χ0n) is 17.0. The van der Waals surface area contributed by atoms with Crippen molar-refractivity contribution in [2.75, 3.05) is 0 Å². The van der Waals surface area contributed by atoms with Crippen molar-refractivity contribution in [1.29, 1.82) is 0 Å². The molecule has 3 aromatic rings. The van der Waals surface area contributed by atoms with Crippen LogP contribution in [0.4, 0.5) is 0 Å². The fraction of sp³-hybridized carbons (Fsp3) is 0.125. The second-order valence-corrected chi connectivity index (χ2v) is 8.78. The highest BCUT2D eigenvalue weighted by molar-refractivity contribution is 6.36. The summed E-state index contributed by atoms with van der Waals surface area (Å²) in [6.07, 6.45) is 1.72. The molecule has 3 aromatic carbocycles. The Morgan fingerprint density at radius 1 is 1.00 bits per heavy atom. The Hall–Kier alpha value is -2.86. The average Bonchev–Trinajstić information content (AvgIpc) is 3.05. The predicted octanol–water partition coefficient (Wildman–Crippen LogP) is 4.97. The van der Waals surface area contributed by atoms with Gasteiger partial charge < -0.3 is 5.32 Å². The summed E-state index contributed by atoms with van der Waals surface area (Å²) in [4.78, 5) is 25.8. The number of nitrogens with zero attached hydrogens (tertiary/aromatic N) is 1. The zero-order chi connectivity index (χ0) is 22.8. The highest BCUT2D eigenvalue weighted by atomic mass is 35.5. The van der Waals surface area contributed by atoms with Gasteiger partial charge in [0.2, 0.25) is 12.3 Å². The van der Waals surface area contributed by atoms with Crippen LogP contribution in [0.5, 0.6) is 0 Å². The normalized spacial score (nSPS) is 19.1. The van der Waals surface area contributed by atoms with E-state index >= 15 is 0 Å². The van der Waals surface area contributed by atoms with Gasteiger partial charge in [0.05, 0.1) is 10.6 Å². The van der Waals surface area contributed by atoms with Crippen molar-refractivity contribution < 1.29 is 14.3 Å². The third-order valence-corrected chi connectivity index (χ3v) is 5.97. The van der Waals surface area contributed by atoms with Crippen molar-refractivity contribution >= 4 is 52.8 Å². The van der Waals surface area contributed by atoms with Crippen LogP contribution in [0.3, 0.4) is 0 Å². The number of rotatable bonds is 4. The summed E-state index contributed by atoms with van der Waals surface area (Å²) < 4.78 is 1.64. The van der Waals surface area contributed by atoms with E-state index in [0.717, 1.165) is 11.1 Å². The fourth-order valence-electron chi connectivity index (χ4n) is 3.61. The molecule has 1 saturated heterocycles. The number of carbonyl (C=O) groups excluding carboxylic acids is 2. The van der Waals surface area contributed by atoms with E-state index in [9.17, 15) is 9.59 Å². The molecule has 4 rings (SSSR count). The van der Waals surface area contributed by atoms with Gasteiger partial charge in [-0.05, 0) is 49.4 Å². The summed E-state index contributed by atoms with van der Waals surface area (Å²) in [5.74, 6) is -0.675. The van der Waals surface area contributed by atoms with Gasteiger partial charge in [0.25, 0.3) is 5.91 Å². The van der Waals surface area contributed by atoms with Gasteiger partial charge in [0, 0.05) is 21.2 Å². The van der Waals surface area contributed by atoms with Crippen LogP contribution in [0.1, 0.15) is 33.1 Å². The number of hydrazone groups is 1. The number of benzene rings is 3. The molecule has 5 nitrogen and oxygen atoms in total. The molecular weight excluding hydrogens is 469 g/mol. The molecule has 0 unspecified atom stereocenters. The van der Waals surface area contributed by atoms with Gasteiger partial charge in [-0.2, -0.15) is 0 Å². The van der Waals surface area contributed by atoms with Crippen LogP contribution in [0.25, 0.3) is 0 Å². The van der Waals surface area contributed by atoms with Crippen molar-refractivity contribution in [3.8, 4) is 0 Å². The van der Waals surface area contributed by atoms with Crippen LogP contribution >= 0.6 is 34.8 Å². The standard InChI is InChI=1S/C24H18Cl3N3O2/c1-14-3-2-4-16(11-14)23(31)28-21-22(15-5-8-18(25)9-6-15)30(29-24(21)32)13-17-7-10-19(26)12-20(17)27/h2-13,21-22H,1H3,(H-,28,29,31,32)/p+1/b30-13-/t21-,22-/m1/s1. The van der Waals surface area contributed by atoms with Gasteiger partial charge in [-0.15, -0.1) is 10.1 Å². The van der Waals surface area contributed by atoms with Crippen molar-refractivity contribution in [3.05, 3.63) is 104 Å². The second-order valence-electron chi connectivity index (χ2n) is 7.50. The number of aryl methyl sites for hydroxylation is 1. The maximum atomic E-state index is 12.9. The summed E-state index contributed by atoms with van der Waals surface area (Å²) in [7, 11) is 0. The Labute approximate surface area is 200 Å². The molecule has 1 aliphatic rings. The van der Waals surface area contributed by atoms with Gasteiger partial charge in [-0.25, -0.2) is 0 Å². The number of amides is 2. The Morgan fingerprint density at radius 2 is 1.72 bits per heavy atom. The largest absolute Gasteiger partial charge is 0.334 e. The molecule has 0 aliphatic carbocycles. The minimum atomic E-state index is -0.841. The minimum Gasteiger partial charge on any atom is -0.334 e. The van der Waals surface area contributed by atoms with Gasteiger partial charge in [-0.3, -0.25) is 9.59 Å². The number of hydrogen-bond acceptors (Lipinski definition) is 2. The summed E-state index contributed by atoms with van der Waals surface area (Å²) in [6.45, 7) is 1.90. The van der Waals surface area contributed by atoms with Crippen LogP contribution < -0.4 is 10.7 Å².